The lowest BCUT2D eigenvalue weighted by molar-refractivity contribution is 1.30. The van der Waals surface area contributed by atoms with Crippen molar-refractivity contribution in [3.8, 4) is 0 Å². The van der Waals surface area contributed by atoms with E-state index in [4.69, 9.17) is 17.4 Å². The molecule has 11 heavy (non-hydrogen) atoms. The van der Waals surface area contributed by atoms with E-state index in [0.29, 0.717) is 5.88 Å². The Morgan fingerprint density at radius 2 is 2.27 bits per heavy atom. The van der Waals surface area contributed by atoms with E-state index >= 15 is 0 Å². The number of anilines is 1. The van der Waals surface area contributed by atoms with Crippen molar-refractivity contribution in [1.82, 2.24) is 0 Å². The molecule has 0 aliphatic rings. The van der Waals surface area contributed by atoms with Crippen LogP contribution in [-0.4, -0.2) is 0 Å². The van der Waals surface area contributed by atoms with Crippen molar-refractivity contribution in [2.75, 3.05) is 5.43 Å². The molecule has 0 spiro atoms. The highest BCUT2D eigenvalue weighted by atomic mass is 79.9. The van der Waals surface area contributed by atoms with Crippen LogP contribution in [0.25, 0.3) is 0 Å². The maximum Gasteiger partial charge on any atom is 0.0630 e. The molecule has 0 saturated carbocycles. The minimum Gasteiger partial charge on any atom is -0.323 e. The molecule has 1 rings (SSSR count). The topological polar surface area (TPSA) is 38.0 Å². The van der Waals surface area contributed by atoms with Crippen molar-refractivity contribution in [3.63, 3.8) is 0 Å². The molecule has 0 aromatic heterocycles. The molecule has 0 aliphatic heterocycles. The molecular weight excluding hydrogens is 227 g/mol. The van der Waals surface area contributed by atoms with Crippen LogP contribution >= 0.6 is 27.5 Å². The van der Waals surface area contributed by atoms with E-state index in [1.807, 2.05) is 18.2 Å². The average molecular weight is 236 g/mol. The number of benzene rings is 1. The van der Waals surface area contributed by atoms with Crippen LogP contribution in [0.2, 0.25) is 0 Å². The Hall–Kier alpha value is -0.250. The molecule has 0 atom stereocenters. The second-order valence-electron chi connectivity index (χ2n) is 2.06. The molecule has 0 heterocycles. The SMILES string of the molecule is NNc1cccc(CCl)c1Br. The van der Waals surface area contributed by atoms with Crippen LogP contribution in [0.15, 0.2) is 22.7 Å². The summed E-state index contributed by atoms with van der Waals surface area (Å²) in [6.07, 6.45) is 0. The number of hydrogen-bond donors (Lipinski definition) is 2. The molecule has 0 amide bonds. The summed E-state index contributed by atoms with van der Waals surface area (Å²) in [5.41, 5.74) is 4.44. The van der Waals surface area contributed by atoms with Gasteiger partial charge in [0.15, 0.2) is 0 Å². The van der Waals surface area contributed by atoms with E-state index in [2.05, 4.69) is 21.4 Å². The van der Waals surface area contributed by atoms with Gasteiger partial charge in [0.1, 0.15) is 0 Å². The number of hydrazine groups is 1. The minimum absolute atomic E-state index is 0.482. The van der Waals surface area contributed by atoms with Gasteiger partial charge in [-0.1, -0.05) is 12.1 Å². The van der Waals surface area contributed by atoms with E-state index in [1.165, 1.54) is 0 Å². The third kappa shape index (κ3) is 1.86. The summed E-state index contributed by atoms with van der Waals surface area (Å²) < 4.78 is 0.928. The van der Waals surface area contributed by atoms with Gasteiger partial charge in [-0.2, -0.15) is 0 Å². The molecule has 0 saturated heterocycles. The third-order valence-corrected chi connectivity index (χ3v) is 2.60. The second kappa shape index (κ2) is 3.95. The highest BCUT2D eigenvalue weighted by Gasteiger charge is 2.01. The second-order valence-corrected chi connectivity index (χ2v) is 3.12. The Kier molecular flexibility index (Phi) is 3.17. The fraction of sp³-hybridized carbons (Fsp3) is 0.143. The maximum atomic E-state index is 5.66. The number of halogens is 2. The zero-order valence-electron chi connectivity index (χ0n) is 5.77. The summed E-state index contributed by atoms with van der Waals surface area (Å²) in [4.78, 5) is 0. The first-order chi connectivity index (χ1) is 5.29. The monoisotopic (exact) mass is 234 g/mol. The van der Waals surface area contributed by atoms with E-state index in [0.717, 1.165) is 15.7 Å². The minimum atomic E-state index is 0.482. The molecule has 0 fully saturated rings. The summed E-state index contributed by atoms with van der Waals surface area (Å²) in [6.45, 7) is 0. The largest absolute Gasteiger partial charge is 0.323 e. The van der Waals surface area contributed by atoms with Crippen molar-refractivity contribution in [3.05, 3.63) is 28.2 Å². The van der Waals surface area contributed by atoms with Crippen molar-refractivity contribution in [1.29, 1.82) is 0 Å². The third-order valence-electron chi connectivity index (χ3n) is 1.38. The fourth-order valence-electron chi connectivity index (χ4n) is 0.794. The zero-order valence-corrected chi connectivity index (χ0v) is 8.11. The van der Waals surface area contributed by atoms with E-state index in [9.17, 15) is 0 Å². The summed E-state index contributed by atoms with van der Waals surface area (Å²) in [5.74, 6) is 5.73. The lowest BCUT2D eigenvalue weighted by atomic mass is 10.2. The molecule has 0 radical (unpaired) electrons. The predicted octanol–water partition coefficient (Wildman–Crippen LogP) is 2.47. The van der Waals surface area contributed by atoms with Gasteiger partial charge in [-0.05, 0) is 27.6 Å². The standard InChI is InChI=1S/C7H8BrClN2/c8-7-5(4-9)2-1-3-6(7)11-10/h1-3,11H,4,10H2. The highest BCUT2D eigenvalue weighted by Crippen LogP contribution is 2.26. The van der Waals surface area contributed by atoms with Gasteiger partial charge in [0.25, 0.3) is 0 Å². The van der Waals surface area contributed by atoms with Crippen LogP contribution in [0, 0.1) is 0 Å². The lowest BCUT2D eigenvalue weighted by Crippen LogP contribution is -2.07. The van der Waals surface area contributed by atoms with Crippen LogP contribution in [0.3, 0.4) is 0 Å². The maximum absolute atomic E-state index is 5.66. The zero-order chi connectivity index (χ0) is 8.27. The van der Waals surface area contributed by atoms with Gasteiger partial charge >= 0.3 is 0 Å². The quantitative estimate of drug-likeness (QED) is 0.469. The number of alkyl halides is 1. The van der Waals surface area contributed by atoms with Gasteiger partial charge in [0.05, 0.1) is 5.69 Å². The number of nitrogens with one attached hydrogen (secondary N) is 1. The van der Waals surface area contributed by atoms with Crippen molar-refractivity contribution < 1.29 is 0 Å². The Labute approximate surface area is 78.8 Å². The van der Waals surface area contributed by atoms with Gasteiger partial charge in [0, 0.05) is 10.4 Å². The molecule has 0 unspecified atom stereocenters. The number of nitrogen functional groups attached to an aromatic ring is 1. The lowest BCUT2D eigenvalue weighted by Gasteiger charge is -2.05. The van der Waals surface area contributed by atoms with Gasteiger partial charge in [-0.25, -0.2) is 0 Å². The molecule has 0 aliphatic carbocycles. The van der Waals surface area contributed by atoms with E-state index < -0.39 is 0 Å². The van der Waals surface area contributed by atoms with Crippen LogP contribution in [0.1, 0.15) is 5.56 Å². The summed E-state index contributed by atoms with van der Waals surface area (Å²) in [7, 11) is 0. The number of rotatable bonds is 2. The molecule has 3 N–H and O–H groups in total. The Morgan fingerprint density at radius 3 is 2.82 bits per heavy atom. The van der Waals surface area contributed by atoms with Crippen LogP contribution in [0.4, 0.5) is 5.69 Å². The number of hydrogen-bond acceptors (Lipinski definition) is 2. The average Bonchev–Trinajstić information content (AvgIpc) is 2.05. The summed E-state index contributed by atoms with van der Waals surface area (Å²) >= 11 is 9.04. The van der Waals surface area contributed by atoms with Crippen molar-refractivity contribution in [2.24, 2.45) is 5.84 Å². The van der Waals surface area contributed by atoms with Crippen molar-refractivity contribution in [2.45, 2.75) is 5.88 Å². The Morgan fingerprint density at radius 1 is 1.55 bits per heavy atom. The predicted molar refractivity (Wildman–Crippen MR) is 51.5 cm³/mol. The molecule has 0 bridgehead atoms. The molecule has 1 aromatic carbocycles. The summed E-state index contributed by atoms with van der Waals surface area (Å²) in [6, 6.07) is 5.72. The first-order valence-corrected chi connectivity index (χ1v) is 4.42. The Balaban J connectivity index is 3.10. The Bertz CT molecular complexity index is 230. The molecule has 1 aromatic rings. The number of nitrogens with two attached hydrogens (primary N) is 1. The van der Waals surface area contributed by atoms with Crippen LogP contribution in [0.5, 0.6) is 0 Å². The first kappa shape index (κ1) is 8.84. The normalized spacial score (nSPS) is 9.73. The summed E-state index contributed by atoms with van der Waals surface area (Å²) in [5, 5.41) is 0. The fourth-order valence-corrected chi connectivity index (χ4v) is 1.70. The smallest absolute Gasteiger partial charge is 0.0630 e. The van der Waals surface area contributed by atoms with Crippen molar-refractivity contribution >= 4 is 33.2 Å². The van der Waals surface area contributed by atoms with Gasteiger partial charge in [-0.15, -0.1) is 11.6 Å². The first-order valence-electron chi connectivity index (χ1n) is 3.09. The molecular formula is C7H8BrClN2. The van der Waals surface area contributed by atoms with E-state index in [1.54, 1.807) is 0 Å². The van der Waals surface area contributed by atoms with Gasteiger partial charge < -0.3 is 5.43 Å². The molecule has 60 valence electrons. The van der Waals surface area contributed by atoms with E-state index in [-0.39, 0.29) is 0 Å². The van der Waals surface area contributed by atoms with Crippen LogP contribution in [-0.2, 0) is 5.88 Å². The molecule has 4 heteroatoms. The van der Waals surface area contributed by atoms with Crippen LogP contribution < -0.4 is 11.3 Å². The molecule has 2 nitrogen and oxygen atoms in total. The van der Waals surface area contributed by atoms with Gasteiger partial charge in [0.2, 0.25) is 0 Å². The van der Waals surface area contributed by atoms with Gasteiger partial charge in [-0.3, -0.25) is 5.84 Å². The highest BCUT2D eigenvalue weighted by molar-refractivity contribution is 9.10.